The number of hydrogen-bond donors (Lipinski definition) is 2. The van der Waals surface area contributed by atoms with E-state index >= 15 is 0 Å². The summed E-state index contributed by atoms with van der Waals surface area (Å²) in [6.45, 7) is 0.212. The predicted octanol–water partition coefficient (Wildman–Crippen LogP) is 4.29. The van der Waals surface area contributed by atoms with Crippen LogP contribution in [0, 0.1) is 0 Å². The number of pyridine rings is 1. The zero-order chi connectivity index (χ0) is 20.1. The summed E-state index contributed by atoms with van der Waals surface area (Å²) in [4.78, 5) is 15.9. The lowest BCUT2D eigenvalue weighted by molar-refractivity contribution is -0.166. The molecule has 0 atom stereocenters. The summed E-state index contributed by atoms with van der Waals surface area (Å²) in [6.07, 6.45) is -1.15. The Balaban J connectivity index is 1.93. The van der Waals surface area contributed by atoms with Crippen LogP contribution in [0.25, 0.3) is 10.8 Å². The summed E-state index contributed by atoms with van der Waals surface area (Å²) in [5.74, 6) is -2.11. The second-order valence-corrected chi connectivity index (χ2v) is 6.20. The number of nitrogens with one attached hydrogen (secondary N) is 1. The van der Waals surface area contributed by atoms with E-state index in [1.165, 1.54) is 6.07 Å². The average Bonchev–Trinajstić information content (AvgIpc) is 2.68. The number of halogens is 3. The molecule has 0 aliphatic rings. The molecule has 3 aromatic rings. The monoisotopic (exact) mass is 386 g/mol. The van der Waals surface area contributed by atoms with Gasteiger partial charge in [0.05, 0.1) is 0 Å². The molecular weight excluding hydrogens is 369 g/mol. The van der Waals surface area contributed by atoms with E-state index in [1.54, 1.807) is 54.9 Å². The highest BCUT2D eigenvalue weighted by Crippen LogP contribution is 2.31. The van der Waals surface area contributed by atoms with Gasteiger partial charge < -0.3 is 10.4 Å². The maximum absolute atomic E-state index is 13.1. The summed E-state index contributed by atoms with van der Waals surface area (Å²) in [6, 6.07) is 13.5. The lowest BCUT2D eigenvalue weighted by Crippen LogP contribution is -2.27. The highest BCUT2D eigenvalue weighted by molar-refractivity contribution is 6.01. The number of nitrogens with zero attached hydrogens (tertiary/aromatic N) is 1. The van der Waals surface area contributed by atoms with Crippen LogP contribution in [0.2, 0.25) is 0 Å². The maximum Gasteiger partial charge on any atom is 0.454 e. The van der Waals surface area contributed by atoms with E-state index in [1.807, 2.05) is 0 Å². The molecule has 1 heterocycles. The summed E-state index contributed by atoms with van der Waals surface area (Å²) >= 11 is 0. The Kier molecular flexibility index (Phi) is 5.63. The third-order valence-electron chi connectivity index (χ3n) is 4.24. The Morgan fingerprint density at radius 3 is 2.61 bits per heavy atom. The molecule has 0 amide bonds. The second kappa shape index (κ2) is 8.12. The van der Waals surface area contributed by atoms with Gasteiger partial charge in [-0.3, -0.25) is 9.78 Å². The Morgan fingerprint density at radius 2 is 1.89 bits per heavy atom. The number of allylic oxidation sites excluding steroid dienone is 1. The van der Waals surface area contributed by atoms with Crippen LogP contribution in [0.3, 0.4) is 0 Å². The first-order chi connectivity index (χ1) is 13.4. The minimum Gasteiger partial charge on any atom is -0.508 e. The van der Waals surface area contributed by atoms with Crippen LogP contribution in [0.1, 0.15) is 11.1 Å². The fraction of sp³-hybridized carbons (Fsp3) is 0.143. The lowest BCUT2D eigenvalue weighted by Gasteiger charge is -2.14. The van der Waals surface area contributed by atoms with Gasteiger partial charge in [0.15, 0.2) is 0 Å². The molecule has 0 aliphatic heterocycles. The van der Waals surface area contributed by atoms with Gasteiger partial charge in [0.25, 0.3) is 5.78 Å². The molecule has 7 heteroatoms. The Morgan fingerprint density at radius 1 is 1.11 bits per heavy atom. The highest BCUT2D eigenvalue weighted by atomic mass is 19.4. The van der Waals surface area contributed by atoms with Crippen molar-refractivity contribution in [3.05, 3.63) is 83.8 Å². The van der Waals surface area contributed by atoms with Gasteiger partial charge in [0, 0.05) is 42.7 Å². The number of phenolic OH excluding ortho intramolecular Hbond substituents is 1. The molecule has 0 radical (unpaired) electrons. The lowest BCUT2D eigenvalue weighted by atomic mass is 9.96. The first-order valence-electron chi connectivity index (χ1n) is 8.48. The van der Waals surface area contributed by atoms with E-state index in [2.05, 4.69) is 10.3 Å². The number of fused-ring (bicyclic) bond motifs is 1. The van der Waals surface area contributed by atoms with Crippen LogP contribution in [-0.4, -0.2) is 22.1 Å². The maximum atomic E-state index is 13.1. The van der Waals surface area contributed by atoms with Gasteiger partial charge in [0.1, 0.15) is 5.75 Å². The molecule has 0 unspecified atom stereocenters. The SMILES string of the molecule is O=C(/C(=C/NCc1cccnc1)Cc1c(O)ccc2ccccc12)C(F)(F)F. The molecule has 2 N–H and O–H groups in total. The molecule has 28 heavy (non-hydrogen) atoms. The van der Waals surface area contributed by atoms with Gasteiger partial charge in [-0.05, 0) is 28.5 Å². The van der Waals surface area contributed by atoms with Crippen molar-refractivity contribution in [2.75, 3.05) is 0 Å². The normalized spacial score (nSPS) is 12.2. The molecule has 0 spiro atoms. The van der Waals surface area contributed by atoms with E-state index in [4.69, 9.17) is 0 Å². The number of alkyl halides is 3. The average molecular weight is 386 g/mol. The van der Waals surface area contributed by atoms with E-state index in [9.17, 15) is 23.1 Å². The number of ketones is 1. The topological polar surface area (TPSA) is 62.2 Å². The van der Waals surface area contributed by atoms with E-state index in [0.717, 1.165) is 17.1 Å². The van der Waals surface area contributed by atoms with Crippen molar-refractivity contribution in [3.63, 3.8) is 0 Å². The standard InChI is InChI=1S/C21H17F3N2O2/c22-21(23,24)20(28)16(13-26-12-14-4-3-9-25-11-14)10-18-17-6-2-1-5-15(17)7-8-19(18)27/h1-9,11,13,26-27H,10,12H2/b16-13+. The van der Waals surface area contributed by atoms with Crippen molar-refractivity contribution >= 4 is 16.6 Å². The van der Waals surface area contributed by atoms with Crippen molar-refractivity contribution in [2.45, 2.75) is 19.1 Å². The number of aromatic hydroxyl groups is 1. The van der Waals surface area contributed by atoms with E-state index in [0.29, 0.717) is 5.39 Å². The number of carbonyl (C=O) groups excluding carboxylic acids is 1. The molecule has 1 aromatic heterocycles. The third-order valence-corrected chi connectivity index (χ3v) is 4.24. The van der Waals surface area contributed by atoms with Crippen molar-refractivity contribution < 1.29 is 23.1 Å². The number of Topliss-reactive ketones (excluding diaryl/α,β-unsaturated/α-hetero) is 1. The zero-order valence-corrected chi connectivity index (χ0v) is 14.7. The van der Waals surface area contributed by atoms with Crippen LogP contribution >= 0.6 is 0 Å². The van der Waals surface area contributed by atoms with Crippen molar-refractivity contribution in [1.82, 2.24) is 10.3 Å². The van der Waals surface area contributed by atoms with Gasteiger partial charge >= 0.3 is 6.18 Å². The van der Waals surface area contributed by atoms with Gasteiger partial charge in [-0.2, -0.15) is 13.2 Å². The van der Waals surface area contributed by atoms with Crippen molar-refractivity contribution in [3.8, 4) is 5.75 Å². The predicted molar refractivity (Wildman–Crippen MR) is 99.5 cm³/mol. The second-order valence-electron chi connectivity index (χ2n) is 6.20. The molecule has 0 saturated carbocycles. The molecule has 0 bridgehead atoms. The fourth-order valence-electron chi connectivity index (χ4n) is 2.87. The minimum absolute atomic E-state index is 0.160. The molecule has 3 rings (SSSR count). The van der Waals surface area contributed by atoms with Gasteiger partial charge in [-0.15, -0.1) is 0 Å². The molecule has 0 saturated heterocycles. The number of hydrogen-bond acceptors (Lipinski definition) is 4. The Hall–Kier alpha value is -3.35. The highest BCUT2D eigenvalue weighted by Gasteiger charge is 2.40. The van der Waals surface area contributed by atoms with Gasteiger partial charge in [-0.25, -0.2) is 0 Å². The summed E-state index contributed by atoms with van der Waals surface area (Å²) in [5.41, 5.74) is 0.540. The molecule has 144 valence electrons. The van der Waals surface area contributed by atoms with Crippen LogP contribution in [0.4, 0.5) is 13.2 Å². The first-order valence-corrected chi connectivity index (χ1v) is 8.48. The summed E-state index contributed by atoms with van der Waals surface area (Å²) in [7, 11) is 0. The zero-order valence-electron chi connectivity index (χ0n) is 14.7. The van der Waals surface area contributed by atoms with E-state index < -0.39 is 17.5 Å². The number of carbonyl (C=O) groups is 1. The molecular formula is C21H17F3N2O2. The third kappa shape index (κ3) is 4.49. The quantitative estimate of drug-likeness (QED) is 0.621. The van der Waals surface area contributed by atoms with Crippen molar-refractivity contribution in [2.24, 2.45) is 0 Å². The molecule has 0 aliphatic carbocycles. The number of benzene rings is 2. The van der Waals surface area contributed by atoms with Crippen LogP contribution in [0.15, 0.2) is 72.7 Å². The fourth-order valence-corrected chi connectivity index (χ4v) is 2.87. The van der Waals surface area contributed by atoms with Gasteiger partial charge in [-0.1, -0.05) is 36.4 Å². The van der Waals surface area contributed by atoms with Gasteiger partial charge in [0.2, 0.25) is 0 Å². The summed E-state index contributed by atoms with van der Waals surface area (Å²) < 4.78 is 39.2. The van der Waals surface area contributed by atoms with Crippen LogP contribution in [0.5, 0.6) is 5.75 Å². The Labute approximate surface area is 159 Å². The minimum atomic E-state index is -5.01. The largest absolute Gasteiger partial charge is 0.508 e. The number of aromatic nitrogens is 1. The summed E-state index contributed by atoms with van der Waals surface area (Å²) in [5, 5.41) is 14.3. The first kappa shape index (κ1) is 19.4. The van der Waals surface area contributed by atoms with Crippen LogP contribution in [-0.2, 0) is 17.8 Å². The molecule has 0 fully saturated rings. The van der Waals surface area contributed by atoms with Crippen LogP contribution < -0.4 is 5.32 Å². The molecule has 2 aromatic carbocycles. The molecule has 4 nitrogen and oxygen atoms in total. The number of rotatable bonds is 6. The smallest absolute Gasteiger partial charge is 0.454 e. The number of phenols is 1. The van der Waals surface area contributed by atoms with E-state index in [-0.39, 0.29) is 24.3 Å². The van der Waals surface area contributed by atoms with Crippen molar-refractivity contribution in [1.29, 1.82) is 0 Å². The Bertz CT molecular complexity index is 1020.